The molecule has 0 aliphatic carbocycles. The minimum absolute atomic E-state index is 0.0357. The molecule has 0 saturated carbocycles. The quantitative estimate of drug-likeness (QED) is 0.770. The van der Waals surface area contributed by atoms with E-state index in [4.69, 9.17) is 0 Å². The molecule has 3 rings (SSSR count). The fourth-order valence-corrected chi connectivity index (χ4v) is 3.90. The summed E-state index contributed by atoms with van der Waals surface area (Å²) in [4.78, 5) is 17.8. The fraction of sp³-hybridized carbons (Fsp3) is 0.176. The van der Waals surface area contributed by atoms with Crippen LogP contribution in [0.25, 0.3) is 10.6 Å². The van der Waals surface area contributed by atoms with Crippen molar-refractivity contribution in [3.63, 3.8) is 0 Å². The molecule has 2 aromatic heterocycles. The molecule has 5 heteroatoms. The van der Waals surface area contributed by atoms with Crippen molar-refractivity contribution >= 4 is 28.6 Å². The zero-order chi connectivity index (χ0) is 15.5. The highest BCUT2D eigenvalue weighted by molar-refractivity contribution is 7.15. The lowest BCUT2D eigenvalue weighted by Gasteiger charge is -2.02. The number of hydrogen-bond acceptors (Lipinski definition) is 4. The Morgan fingerprint density at radius 3 is 2.77 bits per heavy atom. The van der Waals surface area contributed by atoms with Crippen molar-refractivity contribution in [2.45, 2.75) is 20.4 Å². The SMILES string of the molecule is Cc1ccccc1-c1nc(C)c(CNC(=O)c2ccsc2)s1. The molecule has 0 fully saturated rings. The topological polar surface area (TPSA) is 42.0 Å². The molecule has 0 bridgehead atoms. The molecule has 0 aliphatic heterocycles. The van der Waals surface area contributed by atoms with Gasteiger partial charge in [-0.2, -0.15) is 11.3 Å². The second kappa shape index (κ2) is 6.42. The van der Waals surface area contributed by atoms with Crippen LogP contribution in [0.5, 0.6) is 0 Å². The third-order valence-electron chi connectivity index (χ3n) is 3.46. The van der Waals surface area contributed by atoms with Gasteiger partial charge in [0.05, 0.1) is 12.2 Å². The smallest absolute Gasteiger partial charge is 0.252 e. The summed E-state index contributed by atoms with van der Waals surface area (Å²) in [7, 11) is 0. The van der Waals surface area contributed by atoms with Crippen LogP contribution in [0, 0.1) is 13.8 Å². The summed E-state index contributed by atoms with van der Waals surface area (Å²) in [5.41, 5.74) is 4.07. The molecule has 3 nitrogen and oxygen atoms in total. The summed E-state index contributed by atoms with van der Waals surface area (Å²) < 4.78 is 0. The maximum absolute atomic E-state index is 12.0. The maximum Gasteiger partial charge on any atom is 0.252 e. The number of nitrogens with one attached hydrogen (secondary N) is 1. The summed E-state index contributed by atoms with van der Waals surface area (Å²) in [5.74, 6) is -0.0357. The van der Waals surface area contributed by atoms with E-state index in [-0.39, 0.29) is 5.91 Å². The normalized spacial score (nSPS) is 10.6. The van der Waals surface area contributed by atoms with Crippen molar-refractivity contribution in [1.82, 2.24) is 10.3 Å². The maximum atomic E-state index is 12.0. The molecular weight excluding hydrogens is 312 g/mol. The number of nitrogens with zero attached hydrogens (tertiary/aromatic N) is 1. The summed E-state index contributed by atoms with van der Waals surface area (Å²) in [5, 5.41) is 7.73. The Hall–Kier alpha value is -1.98. The molecule has 1 amide bonds. The number of thiophene rings is 1. The molecule has 0 spiro atoms. The first kappa shape index (κ1) is 14.9. The highest BCUT2D eigenvalue weighted by Crippen LogP contribution is 2.30. The lowest BCUT2D eigenvalue weighted by Crippen LogP contribution is -2.22. The van der Waals surface area contributed by atoms with Crippen LogP contribution in [0.3, 0.4) is 0 Å². The number of carbonyl (C=O) groups is 1. The summed E-state index contributed by atoms with van der Waals surface area (Å²) in [6.45, 7) is 4.60. The monoisotopic (exact) mass is 328 g/mol. The first-order chi connectivity index (χ1) is 10.6. The first-order valence-electron chi connectivity index (χ1n) is 6.98. The van der Waals surface area contributed by atoms with Gasteiger partial charge in [0.25, 0.3) is 5.91 Å². The van der Waals surface area contributed by atoms with E-state index in [9.17, 15) is 4.79 Å². The molecule has 0 aliphatic rings. The van der Waals surface area contributed by atoms with E-state index in [0.717, 1.165) is 21.1 Å². The van der Waals surface area contributed by atoms with Gasteiger partial charge in [0.15, 0.2) is 0 Å². The predicted molar refractivity (Wildman–Crippen MR) is 92.5 cm³/mol. The number of hydrogen-bond donors (Lipinski definition) is 1. The van der Waals surface area contributed by atoms with E-state index in [1.807, 2.05) is 35.9 Å². The highest BCUT2D eigenvalue weighted by Gasteiger charge is 2.12. The van der Waals surface area contributed by atoms with E-state index in [0.29, 0.717) is 12.1 Å². The van der Waals surface area contributed by atoms with Crippen LogP contribution in [0.2, 0.25) is 0 Å². The standard InChI is InChI=1S/C17H16N2OS2/c1-11-5-3-4-6-14(11)17-19-12(2)15(22-17)9-18-16(20)13-7-8-21-10-13/h3-8,10H,9H2,1-2H3,(H,18,20). The number of rotatable bonds is 4. The van der Waals surface area contributed by atoms with Gasteiger partial charge < -0.3 is 5.32 Å². The minimum Gasteiger partial charge on any atom is -0.347 e. The van der Waals surface area contributed by atoms with Crippen LogP contribution >= 0.6 is 22.7 Å². The predicted octanol–water partition coefficient (Wildman–Crippen LogP) is 4.42. The Labute approximate surface area is 137 Å². The highest BCUT2D eigenvalue weighted by atomic mass is 32.1. The Balaban J connectivity index is 1.76. The summed E-state index contributed by atoms with van der Waals surface area (Å²) in [6, 6.07) is 10.1. The summed E-state index contributed by atoms with van der Waals surface area (Å²) >= 11 is 3.17. The van der Waals surface area contributed by atoms with Gasteiger partial charge in [0.2, 0.25) is 0 Å². The first-order valence-corrected chi connectivity index (χ1v) is 8.74. The fourth-order valence-electron chi connectivity index (χ4n) is 2.18. The minimum atomic E-state index is -0.0357. The Kier molecular flexibility index (Phi) is 4.36. The van der Waals surface area contributed by atoms with Gasteiger partial charge in [-0.05, 0) is 30.9 Å². The van der Waals surface area contributed by atoms with Gasteiger partial charge in [-0.1, -0.05) is 24.3 Å². The molecule has 0 unspecified atom stereocenters. The van der Waals surface area contributed by atoms with Crippen molar-refractivity contribution in [3.8, 4) is 10.6 Å². The van der Waals surface area contributed by atoms with Gasteiger partial charge >= 0.3 is 0 Å². The number of aromatic nitrogens is 1. The third-order valence-corrected chi connectivity index (χ3v) is 5.33. The third kappa shape index (κ3) is 3.10. The molecule has 112 valence electrons. The molecule has 0 atom stereocenters. The van der Waals surface area contributed by atoms with Crippen molar-refractivity contribution in [2.75, 3.05) is 0 Å². The molecular formula is C17H16N2OS2. The van der Waals surface area contributed by atoms with Crippen molar-refractivity contribution in [1.29, 1.82) is 0 Å². The second-order valence-corrected chi connectivity index (χ2v) is 6.90. The number of benzene rings is 1. The molecule has 0 saturated heterocycles. The molecule has 22 heavy (non-hydrogen) atoms. The molecule has 2 heterocycles. The Morgan fingerprint density at radius 1 is 1.23 bits per heavy atom. The summed E-state index contributed by atoms with van der Waals surface area (Å²) in [6.07, 6.45) is 0. The van der Waals surface area contributed by atoms with Crippen LogP contribution in [0.1, 0.15) is 26.5 Å². The number of amides is 1. The zero-order valence-corrected chi connectivity index (χ0v) is 14.1. The number of carbonyl (C=O) groups excluding carboxylic acids is 1. The molecule has 0 radical (unpaired) electrons. The van der Waals surface area contributed by atoms with Crippen molar-refractivity contribution in [3.05, 3.63) is 62.8 Å². The molecule has 1 aromatic carbocycles. The average molecular weight is 328 g/mol. The molecule has 1 N–H and O–H groups in total. The largest absolute Gasteiger partial charge is 0.347 e. The van der Waals surface area contributed by atoms with Crippen LogP contribution in [-0.2, 0) is 6.54 Å². The van der Waals surface area contributed by atoms with Crippen molar-refractivity contribution in [2.24, 2.45) is 0 Å². The molecule has 3 aromatic rings. The lowest BCUT2D eigenvalue weighted by molar-refractivity contribution is 0.0951. The zero-order valence-electron chi connectivity index (χ0n) is 12.4. The van der Waals surface area contributed by atoms with Crippen LogP contribution in [0.15, 0.2) is 41.1 Å². The van der Waals surface area contributed by atoms with Gasteiger partial charge in [0, 0.05) is 21.4 Å². The number of thiazole rings is 1. The van der Waals surface area contributed by atoms with E-state index in [1.54, 1.807) is 11.3 Å². The van der Waals surface area contributed by atoms with Crippen molar-refractivity contribution < 1.29 is 4.79 Å². The van der Waals surface area contributed by atoms with E-state index >= 15 is 0 Å². The van der Waals surface area contributed by atoms with Gasteiger partial charge in [-0.25, -0.2) is 4.98 Å². The average Bonchev–Trinajstić information content (AvgIpc) is 3.15. The Morgan fingerprint density at radius 2 is 2.05 bits per heavy atom. The van der Waals surface area contributed by atoms with E-state index < -0.39 is 0 Å². The lowest BCUT2D eigenvalue weighted by atomic mass is 10.1. The van der Waals surface area contributed by atoms with Crippen LogP contribution in [0.4, 0.5) is 0 Å². The van der Waals surface area contributed by atoms with Gasteiger partial charge in [0.1, 0.15) is 5.01 Å². The van der Waals surface area contributed by atoms with Crippen LogP contribution in [-0.4, -0.2) is 10.9 Å². The second-order valence-electron chi connectivity index (χ2n) is 5.04. The Bertz CT molecular complexity index is 791. The number of aryl methyl sites for hydroxylation is 2. The van der Waals surface area contributed by atoms with E-state index in [1.165, 1.54) is 16.9 Å². The van der Waals surface area contributed by atoms with E-state index in [2.05, 4.69) is 29.4 Å². The van der Waals surface area contributed by atoms with Crippen LogP contribution < -0.4 is 5.32 Å². The van der Waals surface area contributed by atoms with Gasteiger partial charge in [-0.3, -0.25) is 4.79 Å². The van der Waals surface area contributed by atoms with Gasteiger partial charge in [-0.15, -0.1) is 11.3 Å².